The van der Waals surface area contributed by atoms with E-state index in [1.165, 1.54) is 0 Å². The number of carbonyl (C=O) groups excluding carboxylic acids is 1. The Kier molecular flexibility index (Phi) is 6.98. The average Bonchev–Trinajstić information content (AvgIpc) is 3.21. The van der Waals surface area contributed by atoms with Gasteiger partial charge in [0.1, 0.15) is 6.29 Å². The van der Waals surface area contributed by atoms with Crippen LogP contribution in [0, 0.1) is 12.3 Å². The Hall–Kier alpha value is -2.33. The summed E-state index contributed by atoms with van der Waals surface area (Å²) in [5.74, 6) is 2.57. The molecule has 0 saturated heterocycles. The summed E-state index contributed by atoms with van der Waals surface area (Å²) in [6, 6.07) is 23.3. The Balaban J connectivity index is 0.000000313. The molecule has 0 radical (unpaired) electrons. The van der Waals surface area contributed by atoms with Crippen LogP contribution in [0.25, 0.3) is 11.1 Å². The van der Waals surface area contributed by atoms with E-state index in [-0.39, 0.29) is 17.1 Å². The molecule has 1 nitrogen and oxygen atoms in total. The summed E-state index contributed by atoms with van der Waals surface area (Å²) in [4.78, 5) is 10.8. The van der Waals surface area contributed by atoms with E-state index in [9.17, 15) is 4.79 Å². The van der Waals surface area contributed by atoms with Crippen molar-refractivity contribution in [2.75, 3.05) is 0 Å². The van der Waals surface area contributed by atoms with Crippen LogP contribution >= 0.6 is 0 Å². The molecule has 104 valence electrons. The van der Waals surface area contributed by atoms with Crippen LogP contribution in [0.2, 0.25) is 0 Å². The molecule has 0 unspecified atom stereocenters. The molecule has 3 aromatic carbocycles. The summed E-state index contributed by atoms with van der Waals surface area (Å²) >= 11 is 0. The summed E-state index contributed by atoms with van der Waals surface area (Å²) in [5, 5.41) is 0. The molecule has 3 rings (SSSR count). The van der Waals surface area contributed by atoms with Gasteiger partial charge in [-0.15, -0.1) is 36.1 Å². The smallest absolute Gasteiger partial charge is 0.299 e. The molecule has 0 fully saturated rings. The third-order valence-corrected chi connectivity index (χ3v) is 2.90. The van der Waals surface area contributed by atoms with E-state index < -0.39 is 0 Å². The van der Waals surface area contributed by atoms with Crippen molar-refractivity contribution >= 4 is 6.29 Å². The maximum absolute atomic E-state index is 10.8. The van der Waals surface area contributed by atoms with Gasteiger partial charge in [-0.25, -0.2) is 12.1 Å². The monoisotopic (exact) mass is 314 g/mol. The number of carbonyl (C=O) groups is 1. The van der Waals surface area contributed by atoms with Crippen molar-refractivity contribution in [2.45, 2.75) is 0 Å². The zero-order valence-electron chi connectivity index (χ0n) is 11.3. The van der Waals surface area contributed by atoms with E-state index in [2.05, 4.69) is 5.92 Å². The molecule has 21 heavy (non-hydrogen) atoms. The first-order valence-electron chi connectivity index (χ1n) is 6.30. The zero-order valence-corrected chi connectivity index (χ0v) is 12.4. The summed E-state index contributed by atoms with van der Waals surface area (Å²) in [5.41, 5.74) is 3.22. The Morgan fingerprint density at radius 3 is 2.19 bits per heavy atom. The molecule has 0 aliphatic heterocycles. The predicted molar refractivity (Wildman–Crippen MR) is 82.8 cm³/mol. The van der Waals surface area contributed by atoms with Crippen molar-refractivity contribution in [1.29, 1.82) is 0 Å². The van der Waals surface area contributed by atoms with Crippen molar-refractivity contribution in [3.8, 4) is 23.5 Å². The number of hydrogen-bond donors (Lipinski definition) is 0. The molecule has 0 N–H and O–H groups in total. The first-order chi connectivity index (χ1) is 9.86. The first-order valence-corrected chi connectivity index (χ1v) is 6.30. The number of terminal acetylenes is 1. The molecular formula is C19H14FeO. The van der Waals surface area contributed by atoms with Crippen LogP contribution in [0.3, 0.4) is 0 Å². The fourth-order valence-corrected chi connectivity index (χ4v) is 1.94. The second kappa shape index (κ2) is 8.76. The molecular weight excluding hydrogens is 300 g/mol. The number of rotatable bonds is 2. The predicted octanol–water partition coefficient (Wildman–Crippen LogP) is 4.27. The van der Waals surface area contributed by atoms with Crippen LogP contribution in [0.15, 0.2) is 72.8 Å². The van der Waals surface area contributed by atoms with E-state index >= 15 is 0 Å². The van der Waals surface area contributed by atoms with Gasteiger partial charge in [-0.05, 0) is 11.1 Å². The van der Waals surface area contributed by atoms with Gasteiger partial charge in [-0.3, -0.25) is 4.79 Å². The van der Waals surface area contributed by atoms with Crippen molar-refractivity contribution < 1.29 is 21.9 Å². The fraction of sp³-hybridized carbons (Fsp3) is 0. The second-order valence-electron chi connectivity index (χ2n) is 4.17. The summed E-state index contributed by atoms with van der Waals surface area (Å²) in [7, 11) is 0. The maximum Gasteiger partial charge on any atom is 2.00 e. The largest absolute Gasteiger partial charge is 2.00 e. The van der Waals surface area contributed by atoms with E-state index in [1.54, 1.807) is 6.07 Å². The van der Waals surface area contributed by atoms with Crippen molar-refractivity contribution in [2.24, 2.45) is 0 Å². The third kappa shape index (κ3) is 4.33. The summed E-state index contributed by atoms with van der Waals surface area (Å²) < 4.78 is 0. The zero-order chi connectivity index (χ0) is 14.2. The molecule has 0 saturated carbocycles. The van der Waals surface area contributed by atoms with Crippen LogP contribution in [0.5, 0.6) is 0 Å². The molecule has 0 amide bonds. The quantitative estimate of drug-likeness (QED) is 0.299. The standard InChI is InChI=1S/C14H9O.C5H5.Fe/c1-2-13-12(10-15)8-5-9-14(13)11-6-3-4-7-11;1-2-4-5-3-1;/h1,3-10H;1-5H;/q2*-1;+2. The summed E-state index contributed by atoms with van der Waals surface area (Å²) in [6.07, 6.45) is 6.22. The Morgan fingerprint density at radius 2 is 1.71 bits per heavy atom. The van der Waals surface area contributed by atoms with Crippen LogP contribution in [-0.4, -0.2) is 6.29 Å². The number of hydrogen-bond acceptors (Lipinski definition) is 1. The third-order valence-electron chi connectivity index (χ3n) is 2.90. The Labute approximate surface area is 135 Å². The van der Waals surface area contributed by atoms with Gasteiger partial charge in [0.05, 0.1) is 0 Å². The van der Waals surface area contributed by atoms with Crippen molar-refractivity contribution in [3.63, 3.8) is 0 Å². The molecule has 0 atom stereocenters. The van der Waals surface area contributed by atoms with E-state index in [4.69, 9.17) is 6.42 Å². The Bertz CT molecular complexity index is 669. The van der Waals surface area contributed by atoms with Gasteiger partial charge in [0.15, 0.2) is 0 Å². The second-order valence-corrected chi connectivity index (χ2v) is 4.17. The van der Waals surface area contributed by atoms with Crippen LogP contribution in [0.1, 0.15) is 15.9 Å². The van der Waals surface area contributed by atoms with Crippen molar-refractivity contribution in [3.05, 3.63) is 83.9 Å². The van der Waals surface area contributed by atoms with Gasteiger partial charge < -0.3 is 0 Å². The van der Waals surface area contributed by atoms with Gasteiger partial charge in [0, 0.05) is 0 Å². The van der Waals surface area contributed by atoms with Crippen molar-refractivity contribution in [1.82, 2.24) is 0 Å². The molecule has 0 spiro atoms. The van der Waals surface area contributed by atoms with E-state index in [0.29, 0.717) is 11.1 Å². The topological polar surface area (TPSA) is 17.1 Å². The summed E-state index contributed by atoms with van der Waals surface area (Å²) in [6.45, 7) is 0. The molecule has 0 bridgehead atoms. The molecule has 0 aromatic heterocycles. The van der Waals surface area contributed by atoms with E-state index in [0.717, 1.165) is 17.4 Å². The molecule has 0 heterocycles. The van der Waals surface area contributed by atoms with E-state index in [1.807, 2.05) is 66.7 Å². The SMILES string of the molecule is C#Cc1c(C=O)cccc1-[c-]1cccc1.[Fe+2].c1cc[cH-]c1. The van der Waals surface area contributed by atoms with Crippen LogP contribution < -0.4 is 0 Å². The maximum atomic E-state index is 10.8. The molecule has 2 heteroatoms. The van der Waals surface area contributed by atoms with Crippen LogP contribution in [-0.2, 0) is 17.1 Å². The van der Waals surface area contributed by atoms with Gasteiger partial charge in [-0.1, -0.05) is 17.7 Å². The minimum absolute atomic E-state index is 0. The number of aldehydes is 1. The normalized spacial score (nSPS) is 8.71. The van der Waals surface area contributed by atoms with Crippen LogP contribution in [0.4, 0.5) is 0 Å². The first kappa shape index (κ1) is 16.7. The minimum atomic E-state index is 0. The molecule has 0 aliphatic carbocycles. The Morgan fingerprint density at radius 1 is 1.05 bits per heavy atom. The fourth-order valence-electron chi connectivity index (χ4n) is 1.94. The van der Waals surface area contributed by atoms with Gasteiger partial charge in [-0.2, -0.15) is 30.3 Å². The molecule has 3 aromatic rings. The van der Waals surface area contributed by atoms with Gasteiger partial charge >= 0.3 is 17.1 Å². The molecule has 0 aliphatic rings. The van der Waals surface area contributed by atoms with Gasteiger partial charge in [0.2, 0.25) is 0 Å². The minimum Gasteiger partial charge on any atom is -0.299 e. The number of benzene rings is 1. The van der Waals surface area contributed by atoms with Gasteiger partial charge in [0.25, 0.3) is 0 Å². The average molecular weight is 314 g/mol.